The third-order valence-corrected chi connectivity index (χ3v) is 4.29. The van der Waals surface area contributed by atoms with E-state index in [0.717, 1.165) is 26.1 Å². The van der Waals surface area contributed by atoms with Crippen LogP contribution in [0.15, 0.2) is 12.1 Å². The van der Waals surface area contributed by atoms with E-state index in [2.05, 4.69) is 31.1 Å². The van der Waals surface area contributed by atoms with Crippen LogP contribution in [0.1, 0.15) is 44.5 Å². The van der Waals surface area contributed by atoms with Gasteiger partial charge in [0.25, 0.3) is 5.91 Å². The van der Waals surface area contributed by atoms with Gasteiger partial charge in [-0.05, 0) is 36.8 Å². The van der Waals surface area contributed by atoms with E-state index in [0.29, 0.717) is 22.5 Å². The van der Waals surface area contributed by atoms with Gasteiger partial charge in [0.2, 0.25) is 0 Å². The lowest BCUT2D eigenvalue weighted by atomic mass is 9.80. The van der Waals surface area contributed by atoms with Gasteiger partial charge in [0.15, 0.2) is 0 Å². The first-order chi connectivity index (χ1) is 9.81. The molecule has 1 unspecified atom stereocenters. The summed E-state index contributed by atoms with van der Waals surface area (Å²) in [7, 11) is 0. The van der Waals surface area contributed by atoms with Gasteiger partial charge >= 0.3 is 0 Å². The number of halogens is 1. The molecule has 1 aromatic heterocycles. The average molecular weight is 310 g/mol. The van der Waals surface area contributed by atoms with E-state index >= 15 is 0 Å². The molecular formula is C16H24ClN3O. The van der Waals surface area contributed by atoms with Crippen molar-refractivity contribution in [1.29, 1.82) is 0 Å². The summed E-state index contributed by atoms with van der Waals surface area (Å²) in [5.41, 5.74) is 0.848. The molecule has 0 aromatic carbocycles. The molecule has 4 nitrogen and oxygen atoms in total. The molecule has 1 saturated heterocycles. The number of hydrogen-bond acceptors (Lipinski definition) is 3. The Balaban J connectivity index is 2.14. The first-order valence-electron chi connectivity index (χ1n) is 7.52. The second-order valence-electron chi connectivity index (χ2n) is 6.70. The average Bonchev–Trinajstić information content (AvgIpc) is 2.87. The van der Waals surface area contributed by atoms with Crippen LogP contribution in [0.4, 0.5) is 5.82 Å². The molecule has 1 atom stereocenters. The molecule has 0 bridgehead atoms. The Morgan fingerprint density at radius 1 is 1.48 bits per heavy atom. The molecule has 2 heterocycles. The van der Waals surface area contributed by atoms with E-state index in [1.165, 1.54) is 0 Å². The fraction of sp³-hybridized carbons (Fsp3) is 0.625. The molecule has 1 N–H and O–H groups in total. The lowest BCUT2D eigenvalue weighted by Crippen LogP contribution is -2.31. The van der Waals surface area contributed by atoms with Crippen molar-refractivity contribution in [3.8, 4) is 0 Å². The maximum absolute atomic E-state index is 12.6. The molecule has 116 valence electrons. The molecule has 5 heteroatoms. The van der Waals surface area contributed by atoms with E-state index in [1.807, 2.05) is 11.8 Å². The molecule has 1 fully saturated rings. The standard InChI is InChI=1S/C16H24ClN3O/c1-5-18-14-9-11(8-13(17)19-14)15(21)20-7-6-12(10-20)16(2,3)4/h8-9,12H,5-7,10H2,1-4H3,(H,18,19). The summed E-state index contributed by atoms with van der Waals surface area (Å²) in [6, 6.07) is 3.43. The Bertz CT molecular complexity index is 525. The molecule has 2 rings (SSSR count). The van der Waals surface area contributed by atoms with Crippen LogP contribution < -0.4 is 5.32 Å². The summed E-state index contributed by atoms with van der Waals surface area (Å²) in [6.07, 6.45) is 1.06. The fourth-order valence-electron chi connectivity index (χ4n) is 2.73. The molecule has 1 aliphatic heterocycles. The molecule has 0 radical (unpaired) electrons. The van der Waals surface area contributed by atoms with E-state index in [1.54, 1.807) is 12.1 Å². The second kappa shape index (κ2) is 6.22. The first-order valence-corrected chi connectivity index (χ1v) is 7.89. The van der Waals surface area contributed by atoms with Crippen molar-refractivity contribution >= 4 is 23.3 Å². The summed E-state index contributed by atoms with van der Waals surface area (Å²) in [4.78, 5) is 18.7. The summed E-state index contributed by atoms with van der Waals surface area (Å²) >= 11 is 6.02. The van der Waals surface area contributed by atoms with Crippen LogP contribution in [-0.2, 0) is 0 Å². The highest BCUT2D eigenvalue weighted by Crippen LogP contribution is 2.34. The second-order valence-corrected chi connectivity index (χ2v) is 7.08. The Hall–Kier alpha value is -1.29. The van der Waals surface area contributed by atoms with Gasteiger partial charge in [-0.3, -0.25) is 4.79 Å². The zero-order chi connectivity index (χ0) is 15.6. The Kier molecular flexibility index (Phi) is 4.77. The minimum Gasteiger partial charge on any atom is -0.370 e. The van der Waals surface area contributed by atoms with Crippen molar-refractivity contribution in [2.75, 3.05) is 25.0 Å². The highest BCUT2D eigenvalue weighted by Gasteiger charge is 2.34. The molecule has 1 aliphatic rings. The zero-order valence-corrected chi connectivity index (χ0v) is 14.0. The summed E-state index contributed by atoms with van der Waals surface area (Å²) in [6.45, 7) is 11.1. The van der Waals surface area contributed by atoms with Gasteiger partial charge in [-0.25, -0.2) is 4.98 Å². The van der Waals surface area contributed by atoms with Crippen molar-refractivity contribution in [2.24, 2.45) is 11.3 Å². The van der Waals surface area contributed by atoms with E-state index in [-0.39, 0.29) is 11.3 Å². The van der Waals surface area contributed by atoms with Crippen LogP contribution in [0.2, 0.25) is 5.15 Å². The Morgan fingerprint density at radius 2 is 2.19 bits per heavy atom. The number of nitrogens with zero attached hydrogens (tertiary/aromatic N) is 2. The number of carbonyl (C=O) groups is 1. The number of pyridine rings is 1. The monoisotopic (exact) mass is 309 g/mol. The first kappa shape index (κ1) is 16.1. The van der Waals surface area contributed by atoms with Crippen molar-refractivity contribution in [1.82, 2.24) is 9.88 Å². The van der Waals surface area contributed by atoms with Gasteiger partial charge in [-0.15, -0.1) is 0 Å². The third kappa shape index (κ3) is 3.88. The quantitative estimate of drug-likeness (QED) is 0.866. The highest BCUT2D eigenvalue weighted by atomic mass is 35.5. The number of nitrogens with one attached hydrogen (secondary N) is 1. The molecule has 21 heavy (non-hydrogen) atoms. The number of rotatable bonds is 3. The van der Waals surface area contributed by atoms with Crippen molar-refractivity contribution in [3.05, 3.63) is 22.8 Å². The van der Waals surface area contributed by atoms with Crippen LogP contribution in [0.25, 0.3) is 0 Å². The van der Waals surface area contributed by atoms with Gasteiger partial charge in [-0.1, -0.05) is 32.4 Å². The number of carbonyl (C=O) groups excluding carboxylic acids is 1. The van der Waals surface area contributed by atoms with Gasteiger partial charge in [0.05, 0.1) is 0 Å². The van der Waals surface area contributed by atoms with E-state index < -0.39 is 0 Å². The van der Waals surface area contributed by atoms with Crippen LogP contribution in [-0.4, -0.2) is 35.4 Å². The number of likely N-dealkylation sites (tertiary alicyclic amines) is 1. The number of anilines is 1. The predicted octanol–water partition coefficient (Wildman–Crippen LogP) is 3.68. The molecule has 0 aliphatic carbocycles. The Morgan fingerprint density at radius 3 is 2.76 bits per heavy atom. The molecule has 0 saturated carbocycles. The topological polar surface area (TPSA) is 45.2 Å². The minimum absolute atomic E-state index is 0.0465. The zero-order valence-electron chi connectivity index (χ0n) is 13.2. The highest BCUT2D eigenvalue weighted by molar-refractivity contribution is 6.29. The maximum atomic E-state index is 12.6. The van der Waals surface area contributed by atoms with Crippen LogP contribution in [0.5, 0.6) is 0 Å². The fourth-order valence-corrected chi connectivity index (χ4v) is 2.93. The van der Waals surface area contributed by atoms with Crippen LogP contribution >= 0.6 is 11.6 Å². The van der Waals surface area contributed by atoms with E-state index in [9.17, 15) is 4.79 Å². The van der Waals surface area contributed by atoms with Crippen LogP contribution in [0, 0.1) is 11.3 Å². The summed E-state index contributed by atoms with van der Waals surface area (Å²) < 4.78 is 0. The van der Waals surface area contributed by atoms with Gasteiger partial charge in [0.1, 0.15) is 11.0 Å². The Labute approximate surface area is 131 Å². The van der Waals surface area contributed by atoms with Crippen molar-refractivity contribution < 1.29 is 4.79 Å². The normalized spacial score (nSPS) is 18.9. The summed E-state index contributed by atoms with van der Waals surface area (Å²) in [5.74, 6) is 1.25. The van der Waals surface area contributed by atoms with Gasteiger partial charge < -0.3 is 10.2 Å². The lowest BCUT2D eigenvalue weighted by Gasteiger charge is -2.27. The van der Waals surface area contributed by atoms with Gasteiger partial charge in [-0.2, -0.15) is 0 Å². The molecular weight excluding hydrogens is 286 g/mol. The van der Waals surface area contributed by atoms with Crippen molar-refractivity contribution in [2.45, 2.75) is 34.1 Å². The van der Waals surface area contributed by atoms with Crippen molar-refractivity contribution in [3.63, 3.8) is 0 Å². The minimum atomic E-state index is 0.0465. The van der Waals surface area contributed by atoms with Crippen LogP contribution in [0.3, 0.4) is 0 Å². The number of amides is 1. The SMILES string of the molecule is CCNc1cc(C(=O)N2CCC(C(C)(C)C)C2)cc(Cl)n1. The molecule has 1 amide bonds. The summed E-state index contributed by atoms with van der Waals surface area (Å²) in [5, 5.41) is 3.45. The molecule has 1 aromatic rings. The smallest absolute Gasteiger partial charge is 0.254 e. The maximum Gasteiger partial charge on any atom is 0.254 e. The lowest BCUT2D eigenvalue weighted by molar-refractivity contribution is 0.0776. The number of hydrogen-bond donors (Lipinski definition) is 1. The largest absolute Gasteiger partial charge is 0.370 e. The number of aromatic nitrogens is 1. The van der Waals surface area contributed by atoms with Gasteiger partial charge in [0, 0.05) is 25.2 Å². The third-order valence-electron chi connectivity index (χ3n) is 4.10. The molecule has 0 spiro atoms. The predicted molar refractivity (Wildman–Crippen MR) is 86.9 cm³/mol. The van der Waals surface area contributed by atoms with E-state index in [4.69, 9.17) is 11.6 Å².